The summed E-state index contributed by atoms with van der Waals surface area (Å²) in [5.74, 6) is -0.444. The predicted molar refractivity (Wildman–Crippen MR) is 179 cm³/mol. The van der Waals surface area contributed by atoms with E-state index < -0.39 is 0 Å². The van der Waals surface area contributed by atoms with Crippen molar-refractivity contribution in [3.8, 4) is 60.2 Å². The normalized spacial score (nSPS) is 11.6. The van der Waals surface area contributed by atoms with E-state index in [2.05, 4.69) is 48.5 Å². The molecule has 0 saturated carbocycles. The maximum atomic E-state index is 13.3. The number of thiazole rings is 2. The Balaban J connectivity index is 1.01. The van der Waals surface area contributed by atoms with E-state index in [-0.39, 0.29) is 11.6 Å². The van der Waals surface area contributed by atoms with Crippen LogP contribution in [0.2, 0.25) is 0 Å². The Morgan fingerprint density at radius 2 is 0.643 bits per heavy atom. The average molecular weight is 659 g/mol. The lowest BCUT2D eigenvalue weighted by atomic mass is 10.2. The van der Waals surface area contributed by atoms with Gasteiger partial charge in [-0.2, -0.15) is 0 Å². The molecule has 0 fully saturated rings. The summed E-state index contributed by atoms with van der Waals surface area (Å²) >= 11 is 10.1. The number of hydrogen-bond donors (Lipinski definition) is 0. The van der Waals surface area contributed by atoms with E-state index in [9.17, 15) is 8.78 Å². The largest absolute Gasteiger partial charge is 0.222 e. The molecule has 0 radical (unpaired) electrons. The lowest BCUT2D eigenvalue weighted by molar-refractivity contribution is 0.627. The SMILES string of the molecule is Fc1ccc(-c2ccc(-c3ccc(-c4nc5sc(-c6ccc(-c7ccc(-c8ccc(F)cc8)s7)s6)nc5s4)s3)s2)cc1. The monoisotopic (exact) mass is 658 g/mol. The first kappa shape index (κ1) is 26.3. The smallest absolute Gasteiger partial charge is 0.155 e. The highest BCUT2D eigenvalue weighted by atomic mass is 32.1. The van der Waals surface area contributed by atoms with Crippen molar-refractivity contribution in [2.75, 3.05) is 0 Å². The maximum Gasteiger partial charge on any atom is 0.155 e. The predicted octanol–water partition coefficient (Wildman–Crippen LogP) is 12.3. The second-order valence-electron chi connectivity index (χ2n) is 9.32. The van der Waals surface area contributed by atoms with Crippen molar-refractivity contribution < 1.29 is 8.78 Å². The van der Waals surface area contributed by atoms with Crippen molar-refractivity contribution in [3.63, 3.8) is 0 Å². The van der Waals surface area contributed by atoms with Gasteiger partial charge in [0.25, 0.3) is 0 Å². The number of benzene rings is 2. The number of hydrogen-bond acceptors (Lipinski definition) is 8. The van der Waals surface area contributed by atoms with Crippen LogP contribution in [0.15, 0.2) is 97.1 Å². The minimum absolute atomic E-state index is 0.222. The van der Waals surface area contributed by atoms with Crippen LogP contribution in [0.1, 0.15) is 0 Å². The minimum Gasteiger partial charge on any atom is -0.222 e. The first-order valence-electron chi connectivity index (χ1n) is 12.8. The molecule has 0 aliphatic rings. The van der Waals surface area contributed by atoms with Crippen LogP contribution in [0.25, 0.3) is 69.8 Å². The second kappa shape index (κ2) is 10.7. The molecule has 0 saturated heterocycles. The standard InChI is InChI=1S/C32H16F2N2S6/c33-19-5-1-17(2-6-19)21-9-11-23(37-21)25-13-15-27(39-25)29-35-31-32(41-29)36-30(42-31)28-16-14-26(40-28)24-12-10-22(38-24)18-3-7-20(34)8-4-18/h1-16H. The molecule has 2 aromatic carbocycles. The third kappa shape index (κ3) is 4.98. The lowest BCUT2D eigenvalue weighted by Crippen LogP contribution is -1.73. The molecule has 10 heteroatoms. The number of rotatable bonds is 6. The topological polar surface area (TPSA) is 25.8 Å². The van der Waals surface area contributed by atoms with E-state index in [0.717, 1.165) is 50.3 Å². The maximum absolute atomic E-state index is 13.3. The number of aromatic nitrogens is 2. The molecule has 6 heterocycles. The summed E-state index contributed by atoms with van der Waals surface area (Å²) in [7, 11) is 0. The molecule has 0 aliphatic heterocycles. The van der Waals surface area contributed by atoms with Gasteiger partial charge in [0, 0.05) is 29.3 Å². The molecule has 0 unspecified atom stereocenters. The molecule has 0 bridgehead atoms. The number of fused-ring (bicyclic) bond motifs is 1. The van der Waals surface area contributed by atoms with Gasteiger partial charge in [-0.15, -0.1) is 45.3 Å². The van der Waals surface area contributed by atoms with Crippen molar-refractivity contribution in [1.29, 1.82) is 0 Å². The van der Waals surface area contributed by atoms with Gasteiger partial charge in [0.2, 0.25) is 0 Å². The highest BCUT2D eigenvalue weighted by Gasteiger charge is 2.17. The second-order valence-corrected chi connectivity index (χ2v) is 15.6. The van der Waals surface area contributed by atoms with Gasteiger partial charge in [0.05, 0.1) is 9.75 Å². The Bertz CT molecular complexity index is 1990. The molecule has 8 rings (SSSR count). The van der Waals surface area contributed by atoms with E-state index in [1.54, 1.807) is 68.0 Å². The van der Waals surface area contributed by atoms with Crippen molar-refractivity contribution in [2.45, 2.75) is 0 Å². The average Bonchev–Trinajstić information content (AvgIpc) is 3.83. The Morgan fingerprint density at radius 1 is 0.333 bits per heavy atom. The molecule has 0 N–H and O–H groups in total. The third-order valence-corrected chi connectivity index (χ3v) is 13.8. The summed E-state index contributed by atoms with van der Waals surface area (Å²) in [4.78, 5) is 21.1. The summed E-state index contributed by atoms with van der Waals surface area (Å²) in [5.41, 5.74) is 2.05. The summed E-state index contributed by atoms with van der Waals surface area (Å²) < 4.78 is 26.6. The van der Waals surface area contributed by atoms with E-state index in [4.69, 9.17) is 9.97 Å². The van der Waals surface area contributed by atoms with Crippen LogP contribution >= 0.6 is 68.0 Å². The fourth-order valence-electron chi connectivity index (χ4n) is 4.50. The van der Waals surface area contributed by atoms with Crippen LogP contribution in [-0.2, 0) is 0 Å². The quantitative estimate of drug-likeness (QED) is 0.178. The molecule has 6 aromatic heterocycles. The van der Waals surface area contributed by atoms with Gasteiger partial charge < -0.3 is 0 Å². The van der Waals surface area contributed by atoms with Crippen LogP contribution in [0.4, 0.5) is 8.78 Å². The highest BCUT2D eigenvalue weighted by Crippen LogP contribution is 2.45. The van der Waals surface area contributed by atoms with Crippen LogP contribution < -0.4 is 0 Å². The van der Waals surface area contributed by atoms with E-state index in [1.165, 1.54) is 43.8 Å². The molecule has 0 spiro atoms. The van der Waals surface area contributed by atoms with Crippen LogP contribution in [0.3, 0.4) is 0 Å². The lowest BCUT2D eigenvalue weighted by Gasteiger charge is -1.96. The molecule has 0 amide bonds. The van der Waals surface area contributed by atoms with Crippen LogP contribution in [-0.4, -0.2) is 9.97 Å². The van der Waals surface area contributed by atoms with E-state index in [1.807, 2.05) is 24.3 Å². The molecule has 0 atom stereocenters. The zero-order valence-corrected chi connectivity index (χ0v) is 26.2. The minimum atomic E-state index is -0.222. The van der Waals surface area contributed by atoms with Crippen LogP contribution in [0.5, 0.6) is 0 Å². The summed E-state index contributed by atoms with van der Waals surface area (Å²) in [6.07, 6.45) is 0. The van der Waals surface area contributed by atoms with Gasteiger partial charge >= 0.3 is 0 Å². The fraction of sp³-hybridized carbons (Fsp3) is 0. The number of thiophene rings is 4. The zero-order chi connectivity index (χ0) is 28.2. The van der Waals surface area contributed by atoms with Crippen molar-refractivity contribution in [3.05, 3.63) is 109 Å². The zero-order valence-electron chi connectivity index (χ0n) is 21.3. The Labute approximate surface area is 263 Å². The summed E-state index contributed by atoms with van der Waals surface area (Å²) in [6, 6.07) is 30.3. The molecule has 8 aromatic rings. The van der Waals surface area contributed by atoms with Crippen molar-refractivity contribution in [2.24, 2.45) is 0 Å². The fourth-order valence-corrected chi connectivity index (χ4v) is 10.9. The first-order valence-corrected chi connectivity index (χ1v) is 17.7. The molecule has 2 nitrogen and oxygen atoms in total. The Kier molecular flexibility index (Phi) is 6.70. The Morgan fingerprint density at radius 3 is 1.02 bits per heavy atom. The van der Waals surface area contributed by atoms with Gasteiger partial charge in [-0.05, 0) is 83.9 Å². The van der Waals surface area contributed by atoms with Gasteiger partial charge in [-0.25, -0.2) is 18.7 Å². The highest BCUT2D eigenvalue weighted by molar-refractivity contribution is 7.33. The molecule has 0 aliphatic carbocycles. The van der Waals surface area contributed by atoms with Gasteiger partial charge in [0.15, 0.2) is 9.66 Å². The van der Waals surface area contributed by atoms with Crippen LogP contribution in [0, 0.1) is 11.6 Å². The van der Waals surface area contributed by atoms with Crippen molar-refractivity contribution in [1.82, 2.24) is 9.97 Å². The molecular weight excluding hydrogens is 643 g/mol. The van der Waals surface area contributed by atoms with E-state index in [0.29, 0.717) is 0 Å². The van der Waals surface area contributed by atoms with Gasteiger partial charge in [-0.1, -0.05) is 46.9 Å². The molecule has 42 heavy (non-hydrogen) atoms. The summed E-state index contributed by atoms with van der Waals surface area (Å²) in [5, 5.41) is 1.97. The van der Waals surface area contributed by atoms with E-state index >= 15 is 0 Å². The summed E-state index contributed by atoms with van der Waals surface area (Å²) in [6.45, 7) is 0. The number of nitrogens with zero attached hydrogens (tertiary/aromatic N) is 2. The number of halogens is 2. The molecule has 204 valence electrons. The Hall–Kier alpha value is -3.38. The third-order valence-electron chi connectivity index (χ3n) is 6.56. The van der Waals surface area contributed by atoms with Crippen molar-refractivity contribution >= 4 is 77.7 Å². The molecular formula is C32H16F2N2S6. The first-order chi connectivity index (χ1) is 20.6. The van der Waals surface area contributed by atoms with Gasteiger partial charge in [-0.3, -0.25) is 0 Å². The van der Waals surface area contributed by atoms with Gasteiger partial charge in [0.1, 0.15) is 21.6 Å².